The molecule has 0 saturated heterocycles. The van der Waals surface area contributed by atoms with E-state index in [2.05, 4.69) is 0 Å². The molecular weight excluding hydrogens is 450 g/mol. The minimum atomic E-state index is -0.895. The Kier molecular flexibility index (Phi) is 4.93. The summed E-state index contributed by atoms with van der Waals surface area (Å²) in [5, 5.41) is 0. The van der Waals surface area contributed by atoms with E-state index in [1.165, 1.54) is 14.2 Å². The van der Waals surface area contributed by atoms with Crippen molar-refractivity contribution < 1.29 is 28.5 Å². The van der Waals surface area contributed by atoms with Crippen LogP contribution < -0.4 is 19.8 Å². The summed E-state index contributed by atoms with van der Waals surface area (Å²) >= 11 is 0. The summed E-state index contributed by atoms with van der Waals surface area (Å²) in [6.45, 7) is 0.483. The van der Waals surface area contributed by atoms with E-state index in [4.69, 9.17) is 23.7 Å². The highest BCUT2D eigenvalue weighted by Gasteiger charge is 2.39. The monoisotopic (exact) mass is 473 g/mol. The number of hydrogen-bond acceptors (Lipinski definition) is 7. The number of pyridine rings is 1. The second-order valence-electron chi connectivity index (χ2n) is 8.63. The highest BCUT2D eigenvalue weighted by Crippen LogP contribution is 2.46. The Morgan fingerprint density at radius 1 is 1.00 bits per heavy atom. The van der Waals surface area contributed by atoms with E-state index in [1.807, 2.05) is 36.4 Å². The molecule has 6 rings (SSSR count). The van der Waals surface area contributed by atoms with Gasteiger partial charge in [-0.15, -0.1) is 0 Å². The molecule has 1 aliphatic heterocycles. The van der Waals surface area contributed by atoms with Gasteiger partial charge in [-0.05, 0) is 47.0 Å². The summed E-state index contributed by atoms with van der Waals surface area (Å²) in [7, 11) is 4.54. The van der Waals surface area contributed by atoms with Gasteiger partial charge in [0, 0.05) is 24.7 Å². The van der Waals surface area contributed by atoms with Crippen molar-refractivity contribution in [3.63, 3.8) is 0 Å². The zero-order valence-corrected chi connectivity index (χ0v) is 19.5. The number of methoxy groups -OCH3 is 3. The predicted molar refractivity (Wildman–Crippen MR) is 127 cm³/mol. The molecule has 8 heteroatoms. The van der Waals surface area contributed by atoms with E-state index in [1.54, 1.807) is 17.8 Å². The quantitative estimate of drug-likeness (QED) is 0.439. The van der Waals surface area contributed by atoms with E-state index < -0.39 is 6.10 Å². The Morgan fingerprint density at radius 3 is 2.43 bits per heavy atom. The topological polar surface area (TPSA) is 85.2 Å². The molecule has 0 saturated carbocycles. The van der Waals surface area contributed by atoms with E-state index in [0.717, 1.165) is 33.7 Å². The molecule has 8 nitrogen and oxygen atoms in total. The Hall–Kier alpha value is -4.04. The van der Waals surface area contributed by atoms with Crippen LogP contribution in [0.4, 0.5) is 0 Å². The lowest BCUT2D eigenvalue weighted by Gasteiger charge is -2.26. The number of carbonyl (C=O) groups excluding carboxylic acids is 1. The van der Waals surface area contributed by atoms with E-state index in [0.29, 0.717) is 41.4 Å². The first-order valence-electron chi connectivity index (χ1n) is 11.2. The van der Waals surface area contributed by atoms with Crippen molar-refractivity contribution in [2.75, 3.05) is 28.1 Å². The fraction of sp³-hybridized carbons (Fsp3) is 0.259. The van der Waals surface area contributed by atoms with E-state index in [9.17, 15) is 9.59 Å². The second kappa shape index (κ2) is 8.02. The van der Waals surface area contributed by atoms with Crippen molar-refractivity contribution in [2.45, 2.75) is 19.1 Å². The van der Waals surface area contributed by atoms with E-state index in [-0.39, 0.29) is 18.1 Å². The molecule has 0 amide bonds. The largest absolute Gasteiger partial charge is 0.498 e. The predicted octanol–water partition coefficient (Wildman–Crippen LogP) is 3.40. The molecule has 3 aromatic rings. The van der Waals surface area contributed by atoms with Gasteiger partial charge in [0.2, 0.25) is 6.79 Å². The van der Waals surface area contributed by atoms with Crippen LogP contribution in [0.5, 0.6) is 17.2 Å². The summed E-state index contributed by atoms with van der Waals surface area (Å²) in [6.07, 6.45) is 1.23. The van der Waals surface area contributed by atoms with Crippen LogP contribution in [-0.2, 0) is 22.4 Å². The van der Waals surface area contributed by atoms with Crippen LogP contribution in [-0.4, -0.2) is 44.6 Å². The van der Waals surface area contributed by atoms with Gasteiger partial charge in [0.25, 0.3) is 5.56 Å². The van der Waals surface area contributed by atoms with Crippen molar-refractivity contribution in [3.8, 4) is 28.5 Å². The normalized spacial score (nSPS) is 16.9. The molecule has 2 heterocycles. The van der Waals surface area contributed by atoms with Crippen LogP contribution in [0.15, 0.2) is 47.0 Å². The molecule has 0 bridgehead atoms. The van der Waals surface area contributed by atoms with Crippen LogP contribution >= 0.6 is 0 Å². The molecule has 178 valence electrons. The van der Waals surface area contributed by atoms with Crippen molar-refractivity contribution >= 4 is 11.9 Å². The first kappa shape index (κ1) is 21.5. The van der Waals surface area contributed by atoms with Crippen LogP contribution in [0.2, 0.25) is 0 Å². The zero-order chi connectivity index (χ0) is 24.3. The SMILES string of the molecule is COC1=Cc2c(c3c(n(Cc4ccc(OC)cc4)c2=O)-c2cc4c(cc2C3)OCO4)C(=O)C1OC. The molecule has 1 aromatic heterocycles. The number of ether oxygens (including phenoxy) is 5. The van der Waals surface area contributed by atoms with Gasteiger partial charge in [-0.2, -0.15) is 0 Å². The zero-order valence-electron chi connectivity index (χ0n) is 19.5. The molecule has 1 unspecified atom stereocenters. The summed E-state index contributed by atoms with van der Waals surface area (Å²) in [4.78, 5) is 27.5. The number of rotatable bonds is 5. The minimum absolute atomic E-state index is 0.159. The van der Waals surface area contributed by atoms with Gasteiger partial charge in [0.15, 0.2) is 23.4 Å². The molecule has 0 fully saturated rings. The molecule has 3 aliphatic rings. The first-order chi connectivity index (χ1) is 17.0. The number of nitrogens with zero attached hydrogens (tertiary/aromatic N) is 1. The fourth-order valence-corrected chi connectivity index (χ4v) is 5.17. The molecule has 2 aliphatic carbocycles. The molecular formula is C27H23NO7. The molecule has 0 spiro atoms. The minimum Gasteiger partial charge on any atom is -0.498 e. The number of fused-ring (bicyclic) bond motifs is 6. The summed E-state index contributed by atoms with van der Waals surface area (Å²) in [5.74, 6) is 2.06. The van der Waals surface area contributed by atoms with Gasteiger partial charge in [-0.1, -0.05) is 12.1 Å². The van der Waals surface area contributed by atoms with Gasteiger partial charge in [0.05, 0.1) is 32.0 Å². The number of aromatic nitrogens is 1. The third-order valence-corrected chi connectivity index (χ3v) is 6.82. The highest BCUT2D eigenvalue weighted by molar-refractivity contribution is 6.09. The fourth-order valence-electron chi connectivity index (χ4n) is 5.17. The number of carbonyl (C=O) groups is 1. The highest BCUT2D eigenvalue weighted by atomic mass is 16.7. The molecule has 1 atom stereocenters. The van der Waals surface area contributed by atoms with Gasteiger partial charge < -0.3 is 28.3 Å². The molecule has 2 aromatic carbocycles. The van der Waals surface area contributed by atoms with Gasteiger partial charge in [-0.3, -0.25) is 9.59 Å². The van der Waals surface area contributed by atoms with E-state index >= 15 is 0 Å². The van der Waals surface area contributed by atoms with Crippen LogP contribution in [0.3, 0.4) is 0 Å². The third kappa shape index (κ3) is 3.17. The van der Waals surface area contributed by atoms with Gasteiger partial charge >= 0.3 is 0 Å². The lowest BCUT2D eigenvalue weighted by Crippen LogP contribution is -2.36. The van der Waals surface area contributed by atoms with Gasteiger partial charge in [0.1, 0.15) is 11.5 Å². The Labute approximate surface area is 201 Å². The first-order valence-corrected chi connectivity index (χ1v) is 11.2. The third-order valence-electron chi connectivity index (χ3n) is 6.82. The summed E-state index contributed by atoms with van der Waals surface area (Å²) < 4.78 is 29.1. The molecule has 0 N–H and O–H groups in total. The average Bonchev–Trinajstić information content (AvgIpc) is 3.48. The number of ketones is 1. The maximum Gasteiger partial charge on any atom is 0.259 e. The average molecular weight is 473 g/mol. The number of hydrogen-bond donors (Lipinski definition) is 0. The second-order valence-corrected chi connectivity index (χ2v) is 8.63. The summed E-state index contributed by atoms with van der Waals surface area (Å²) in [6, 6.07) is 11.4. The molecule has 35 heavy (non-hydrogen) atoms. The molecule has 0 radical (unpaired) electrons. The Bertz CT molecular complexity index is 1470. The van der Waals surface area contributed by atoms with Crippen molar-refractivity contribution in [3.05, 3.63) is 80.3 Å². The van der Waals surface area contributed by atoms with Crippen LogP contribution in [0.25, 0.3) is 17.3 Å². The van der Waals surface area contributed by atoms with Crippen LogP contribution in [0, 0.1) is 0 Å². The lowest BCUT2D eigenvalue weighted by molar-refractivity contribution is 0.0536. The maximum absolute atomic E-state index is 13.9. The van der Waals surface area contributed by atoms with Crippen molar-refractivity contribution in [1.82, 2.24) is 4.57 Å². The Balaban J connectivity index is 1.61. The standard InChI is InChI=1S/C27H23NO7/c1-31-16-6-4-14(5-7-16)12-28-24-17-10-21-20(34-13-35-21)9-15(17)8-18(24)23-19(27(28)30)11-22(32-2)26(33-3)25(23)29/h4-7,9-11,26H,8,12-13H2,1-3H3. The van der Waals surface area contributed by atoms with Gasteiger partial charge in [-0.25, -0.2) is 0 Å². The maximum atomic E-state index is 13.9. The van der Waals surface area contributed by atoms with Crippen molar-refractivity contribution in [1.29, 1.82) is 0 Å². The van der Waals surface area contributed by atoms with Crippen LogP contribution in [0.1, 0.15) is 32.6 Å². The lowest BCUT2D eigenvalue weighted by atomic mass is 9.88. The van der Waals surface area contributed by atoms with Crippen molar-refractivity contribution in [2.24, 2.45) is 0 Å². The Morgan fingerprint density at radius 2 is 1.74 bits per heavy atom. The summed E-state index contributed by atoms with van der Waals surface area (Å²) in [5.41, 5.74) is 4.72. The number of Topliss-reactive ketones (excluding diaryl/α,β-unsaturated/α-hetero) is 1. The number of benzene rings is 2. The smallest absolute Gasteiger partial charge is 0.259 e.